The van der Waals surface area contributed by atoms with Crippen molar-refractivity contribution in [1.82, 2.24) is 0 Å². The summed E-state index contributed by atoms with van der Waals surface area (Å²) in [4.78, 5) is 10.7. The van der Waals surface area contributed by atoms with Crippen molar-refractivity contribution in [2.75, 3.05) is 12.9 Å². The quantitative estimate of drug-likeness (QED) is 0.281. The first kappa shape index (κ1) is 15.1. The first-order valence-electron chi connectivity index (χ1n) is 5.06. The lowest BCUT2D eigenvalue weighted by atomic mass is 10.1. The van der Waals surface area contributed by atoms with Gasteiger partial charge in [0.05, 0.1) is 19.0 Å². The third kappa shape index (κ3) is 8.43. The lowest BCUT2D eigenvalue weighted by molar-refractivity contribution is -0.137. The van der Waals surface area contributed by atoms with Crippen molar-refractivity contribution >= 4 is 16.1 Å². The zero-order valence-corrected chi connectivity index (χ0v) is 10.5. The van der Waals surface area contributed by atoms with E-state index in [0.29, 0.717) is 19.3 Å². The Morgan fingerprint density at radius 1 is 1.50 bits per heavy atom. The fraction of sp³-hybridized carbons (Fsp3) is 0.700. The Morgan fingerprint density at radius 3 is 2.56 bits per heavy atom. The van der Waals surface area contributed by atoms with E-state index in [1.165, 1.54) is 0 Å². The van der Waals surface area contributed by atoms with Crippen LogP contribution in [0.2, 0.25) is 0 Å². The average Bonchev–Trinajstić information content (AvgIpc) is 2.20. The fourth-order valence-electron chi connectivity index (χ4n) is 1.11. The molecule has 0 fully saturated rings. The van der Waals surface area contributed by atoms with Gasteiger partial charge in [-0.1, -0.05) is 13.5 Å². The molecule has 0 aliphatic carbocycles. The van der Waals surface area contributed by atoms with Crippen molar-refractivity contribution in [3.63, 3.8) is 0 Å². The first-order chi connectivity index (χ1) is 7.39. The van der Waals surface area contributed by atoms with E-state index in [-0.39, 0.29) is 12.7 Å². The molecule has 0 amide bonds. The minimum absolute atomic E-state index is 0.245. The molecule has 0 aliphatic heterocycles. The van der Waals surface area contributed by atoms with E-state index in [1.54, 1.807) is 0 Å². The highest BCUT2D eigenvalue weighted by Crippen LogP contribution is 2.09. The van der Waals surface area contributed by atoms with Crippen LogP contribution in [-0.4, -0.2) is 33.4 Å². The average molecular weight is 250 g/mol. The maximum absolute atomic E-state index is 10.9. The van der Waals surface area contributed by atoms with Gasteiger partial charge in [-0.15, -0.1) is 0 Å². The van der Waals surface area contributed by atoms with E-state index >= 15 is 0 Å². The van der Waals surface area contributed by atoms with E-state index < -0.39 is 16.1 Å². The zero-order chi connectivity index (χ0) is 12.6. The Labute approximate surface area is 96.6 Å². The van der Waals surface area contributed by atoms with Gasteiger partial charge in [-0.25, -0.2) is 4.79 Å². The molecule has 94 valence electrons. The van der Waals surface area contributed by atoms with Crippen LogP contribution in [0, 0.1) is 0 Å². The monoisotopic (exact) mass is 250 g/mol. The van der Waals surface area contributed by atoms with Crippen molar-refractivity contribution < 1.29 is 22.1 Å². The molecule has 6 heteroatoms. The number of hydrogen-bond donors (Lipinski definition) is 0. The molecule has 0 aliphatic rings. The first-order valence-corrected chi connectivity index (χ1v) is 6.88. The second-order valence-electron chi connectivity index (χ2n) is 3.34. The maximum Gasteiger partial charge on any atom is 0.330 e. The molecule has 0 rings (SSSR count). The van der Waals surface area contributed by atoms with Crippen LogP contribution in [0.1, 0.15) is 26.2 Å². The van der Waals surface area contributed by atoms with Crippen molar-refractivity contribution in [3.8, 4) is 0 Å². The molecule has 0 saturated carbocycles. The molecule has 1 atom stereocenters. The van der Waals surface area contributed by atoms with Gasteiger partial charge < -0.3 is 4.74 Å². The summed E-state index contributed by atoms with van der Waals surface area (Å²) < 4.78 is 31.3. The molecule has 0 aromatic rings. The largest absolute Gasteiger partial charge is 0.463 e. The van der Waals surface area contributed by atoms with Gasteiger partial charge in [0.15, 0.2) is 0 Å². The molecule has 0 aromatic carbocycles. The topological polar surface area (TPSA) is 69.7 Å². The number of hydrogen-bond acceptors (Lipinski definition) is 5. The van der Waals surface area contributed by atoms with E-state index in [1.807, 2.05) is 6.92 Å². The summed E-state index contributed by atoms with van der Waals surface area (Å²) >= 11 is 0. The minimum atomic E-state index is -3.42. The van der Waals surface area contributed by atoms with Crippen LogP contribution in [0.15, 0.2) is 12.7 Å². The molecule has 0 bridgehead atoms. The molecule has 5 nitrogen and oxygen atoms in total. The van der Waals surface area contributed by atoms with Gasteiger partial charge in [-0.3, -0.25) is 4.18 Å². The third-order valence-electron chi connectivity index (χ3n) is 1.85. The van der Waals surface area contributed by atoms with E-state index in [9.17, 15) is 13.2 Å². The summed E-state index contributed by atoms with van der Waals surface area (Å²) in [6, 6.07) is 0. The van der Waals surface area contributed by atoms with Crippen LogP contribution in [-0.2, 0) is 23.8 Å². The van der Waals surface area contributed by atoms with Crippen LogP contribution in [0.5, 0.6) is 0 Å². The number of rotatable bonds is 8. The Balaban J connectivity index is 3.80. The zero-order valence-electron chi connectivity index (χ0n) is 9.64. The van der Waals surface area contributed by atoms with Crippen molar-refractivity contribution in [2.24, 2.45) is 0 Å². The second-order valence-corrected chi connectivity index (χ2v) is 4.95. The predicted molar refractivity (Wildman–Crippen MR) is 60.4 cm³/mol. The highest BCUT2D eigenvalue weighted by atomic mass is 32.2. The summed E-state index contributed by atoms with van der Waals surface area (Å²) in [6.07, 6.45) is 3.46. The SMILES string of the molecule is C=CC(=O)OCCCC(CC)OS(C)(=O)=O. The van der Waals surface area contributed by atoms with Gasteiger partial charge in [-0.05, 0) is 19.3 Å². The normalized spacial score (nSPS) is 13.1. The third-order valence-corrected chi connectivity index (χ3v) is 2.47. The lowest BCUT2D eigenvalue weighted by Gasteiger charge is -2.13. The Hall–Kier alpha value is -0.880. The van der Waals surface area contributed by atoms with Crippen LogP contribution in [0.3, 0.4) is 0 Å². The van der Waals surface area contributed by atoms with E-state index in [4.69, 9.17) is 8.92 Å². The molecule has 0 heterocycles. The smallest absolute Gasteiger partial charge is 0.330 e. The molecular weight excluding hydrogens is 232 g/mol. The van der Waals surface area contributed by atoms with E-state index in [0.717, 1.165) is 12.3 Å². The van der Waals surface area contributed by atoms with Gasteiger partial charge in [0.1, 0.15) is 0 Å². The van der Waals surface area contributed by atoms with Gasteiger partial charge in [0.25, 0.3) is 10.1 Å². The lowest BCUT2D eigenvalue weighted by Crippen LogP contribution is -2.17. The Bertz CT molecular complexity index is 320. The summed E-state index contributed by atoms with van der Waals surface area (Å²) in [5.41, 5.74) is 0. The van der Waals surface area contributed by atoms with E-state index in [2.05, 4.69) is 6.58 Å². The number of ether oxygens (including phenoxy) is 1. The molecule has 0 N–H and O–H groups in total. The van der Waals surface area contributed by atoms with Gasteiger partial charge >= 0.3 is 5.97 Å². The molecule has 0 radical (unpaired) electrons. The molecule has 1 unspecified atom stereocenters. The summed E-state index contributed by atoms with van der Waals surface area (Å²) in [5.74, 6) is -0.475. The van der Waals surface area contributed by atoms with Crippen LogP contribution < -0.4 is 0 Å². The number of carbonyl (C=O) groups excluding carboxylic acids is 1. The van der Waals surface area contributed by atoms with Crippen LogP contribution in [0.25, 0.3) is 0 Å². The summed E-state index contributed by atoms with van der Waals surface area (Å²) in [7, 11) is -3.42. The van der Waals surface area contributed by atoms with Crippen molar-refractivity contribution in [1.29, 1.82) is 0 Å². The van der Waals surface area contributed by atoms with Crippen molar-refractivity contribution in [2.45, 2.75) is 32.3 Å². The fourth-order valence-corrected chi connectivity index (χ4v) is 1.84. The Morgan fingerprint density at radius 2 is 2.12 bits per heavy atom. The van der Waals surface area contributed by atoms with Gasteiger partial charge in [0, 0.05) is 6.08 Å². The predicted octanol–water partition coefficient (Wildman–Crippen LogP) is 1.25. The highest BCUT2D eigenvalue weighted by Gasteiger charge is 2.13. The highest BCUT2D eigenvalue weighted by molar-refractivity contribution is 7.86. The summed E-state index contributed by atoms with van der Waals surface area (Å²) in [6.45, 7) is 5.34. The molecule has 0 saturated heterocycles. The molecular formula is C10H18O5S. The van der Waals surface area contributed by atoms with Crippen LogP contribution in [0.4, 0.5) is 0 Å². The molecule has 16 heavy (non-hydrogen) atoms. The minimum Gasteiger partial charge on any atom is -0.463 e. The van der Waals surface area contributed by atoms with Crippen LogP contribution >= 0.6 is 0 Å². The van der Waals surface area contributed by atoms with Gasteiger partial charge in [-0.2, -0.15) is 8.42 Å². The van der Waals surface area contributed by atoms with Gasteiger partial charge in [0.2, 0.25) is 0 Å². The number of carbonyl (C=O) groups is 1. The molecule has 0 spiro atoms. The molecule has 0 aromatic heterocycles. The summed E-state index contributed by atoms with van der Waals surface area (Å²) in [5, 5.41) is 0. The maximum atomic E-state index is 10.9. The Kier molecular flexibility index (Phi) is 7.00. The van der Waals surface area contributed by atoms with Crippen molar-refractivity contribution in [3.05, 3.63) is 12.7 Å². The number of esters is 1. The standard InChI is InChI=1S/C10H18O5S/c1-4-9(15-16(3,12)13)7-6-8-14-10(11)5-2/h5,9H,2,4,6-8H2,1,3H3. The second kappa shape index (κ2) is 7.40.